The molecule has 27 heavy (non-hydrogen) atoms. The van der Waals surface area contributed by atoms with Gasteiger partial charge in [-0.05, 0) is 26.0 Å². The molecule has 3 aromatic rings. The molecule has 8 nitrogen and oxygen atoms in total. The molecule has 1 saturated heterocycles. The predicted molar refractivity (Wildman–Crippen MR) is 99.7 cm³/mol. The van der Waals surface area contributed by atoms with Crippen LogP contribution in [-0.2, 0) is 16.1 Å². The predicted octanol–water partition coefficient (Wildman–Crippen LogP) is 1.22. The molecule has 1 amide bonds. The minimum absolute atomic E-state index is 0.0147. The summed E-state index contributed by atoms with van der Waals surface area (Å²) in [5.74, 6) is -0.115. The summed E-state index contributed by atoms with van der Waals surface area (Å²) in [4.78, 5) is 31.5. The van der Waals surface area contributed by atoms with Gasteiger partial charge in [0, 0.05) is 13.1 Å². The van der Waals surface area contributed by atoms with Crippen LogP contribution in [0.15, 0.2) is 47.7 Å². The highest BCUT2D eigenvalue weighted by atomic mass is 16.5. The molecule has 1 aromatic carbocycles. The van der Waals surface area contributed by atoms with E-state index in [0.29, 0.717) is 24.1 Å². The zero-order valence-corrected chi connectivity index (χ0v) is 15.3. The van der Waals surface area contributed by atoms with E-state index in [2.05, 4.69) is 10.1 Å². The third-order valence-corrected chi connectivity index (χ3v) is 4.63. The summed E-state index contributed by atoms with van der Waals surface area (Å²) in [6.45, 7) is 4.89. The summed E-state index contributed by atoms with van der Waals surface area (Å²) < 4.78 is 8.62. The number of morpholine rings is 1. The van der Waals surface area contributed by atoms with Gasteiger partial charge in [-0.3, -0.25) is 14.2 Å². The van der Waals surface area contributed by atoms with Crippen LogP contribution in [0.3, 0.4) is 0 Å². The van der Waals surface area contributed by atoms with E-state index in [0.717, 1.165) is 5.69 Å². The molecule has 2 atom stereocenters. The molecular formula is C19H21N5O3. The third kappa shape index (κ3) is 3.35. The first-order valence-electron chi connectivity index (χ1n) is 8.95. The van der Waals surface area contributed by atoms with E-state index in [1.165, 1.54) is 17.1 Å². The van der Waals surface area contributed by atoms with E-state index in [1.807, 2.05) is 44.2 Å². The van der Waals surface area contributed by atoms with Crippen molar-refractivity contribution in [3.05, 3.63) is 53.2 Å². The van der Waals surface area contributed by atoms with Gasteiger partial charge in [-0.2, -0.15) is 5.10 Å². The molecule has 0 N–H and O–H groups in total. The molecule has 1 aliphatic rings. The number of hydrogen-bond donors (Lipinski definition) is 0. The van der Waals surface area contributed by atoms with Crippen LogP contribution >= 0.6 is 0 Å². The fourth-order valence-corrected chi connectivity index (χ4v) is 3.45. The molecule has 1 fully saturated rings. The number of rotatable bonds is 3. The normalized spacial score (nSPS) is 20.1. The second-order valence-electron chi connectivity index (χ2n) is 6.86. The molecule has 1 aliphatic heterocycles. The number of amides is 1. The molecule has 0 unspecified atom stereocenters. The maximum absolute atomic E-state index is 12.8. The summed E-state index contributed by atoms with van der Waals surface area (Å²) in [6, 6.07) is 9.49. The van der Waals surface area contributed by atoms with Gasteiger partial charge in [0.2, 0.25) is 5.91 Å². The quantitative estimate of drug-likeness (QED) is 0.695. The molecule has 0 saturated carbocycles. The molecule has 4 rings (SSSR count). The number of benzene rings is 1. The number of nitrogens with zero attached hydrogens (tertiary/aromatic N) is 5. The van der Waals surface area contributed by atoms with Gasteiger partial charge in [0.25, 0.3) is 5.56 Å². The van der Waals surface area contributed by atoms with Crippen LogP contribution in [0.5, 0.6) is 0 Å². The van der Waals surface area contributed by atoms with E-state index in [9.17, 15) is 9.59 Å². The highest BCUT2D eigenvalue weighted by Crippen LogP contribution is 2.14. The number of para-hydroxylation sites is 1. The van der Waals surface area contributed by atoms with Crippen LogP contribution in [0, 0.1) is 0 Å². The summed E-state index contributed by atoms with van der Waals surface area (Å²) in [5, 5.41) is 4.67. The van der Waals surface area contributed by atoms with E-state index in [-0.39, 0.29) is 30.2 Å². The maximum atomic E-state index is 12.8. The van der Waals surface area contributed by atoms with Crippen molar-refractivity contribution in [1.82, 2.24) is 24.2 Å². The van der Waals surface area contributed by atoms with Crippen molar-refractivity contribution < 1.29 is 9.53 Å². The lowest BCUT2D eigenvalue weighted by Crippen LogP contribution is -2.49. The highest BCUT2D eigenvalue weighted by Gasteiger charge is 2.26. The second kappa shape index (κ2) is 6.96. The number of aromatic nitrogens is 4. The Morgan fingerprint density at radius 1 is 1.19 bits per heavy atom. The Bertz CT molecular complexity index is 1020. The molecule has 3 heterocycles. The van der Waals surface area contributed by atoms with E-state index in [1.54, 1.807) is 9.58 Å². The Morgan fingerprint density at radius 2 is 1.89 bits per heavy atom. The van der Waals surface area contributed by atoms with Gasteiger partial charge in [0.05, 0.1) is 24.1 Å². The van der Waals surface area contributed by atoms with Gasteiger partial charge in [-0.25, -0.2) is 9.67 Å². The van der Waals surface area contributed by atoms with Crippen molar-refractivity contribution in [1.29, 1.82) is 0 Å². The van der Waals surface area contributed by atoms with Crippen LogP contribution in [0.4, 0.5) is 0 Å². The molecule has 8 heteroatoms. The van der Waals surface area contributed by atoms with Crippen LogP contribution in [0.1, 0.15) is 13.8 Å². The zero-order chi connectivity index (χ0) is 19.0. The third-order valence-electron chi connectivity index (χ3n) is 4.63. The summed E-state index contributed by atoms with van der Waals surface area (Å²) in [7, 11) is 0. The average molecular weight is 367 g/mol. The lowest BCUT2D eigenvalue weighted by Gasteiger charge is -2.35. The number of ether oxygens (including phenoxy) is 1. The zero-order valence-electron chi connectivity index (χ0n) is 15.3. The maximum Gasteiger partial charge on any atom is 0.264 e. The molecule has 0 radical (unpaired) electrons. The first-order chi connectivity index (χ1) is 13.0. The van der Waals surface area contributed by atoms with Crippen molar-refractivity contribution in [2.75, 3.05) is 13.1 Å². The summed E-state index contributed by atoms with van der Waals surface area (Å²) >= 11 is 0. The van der Waals surface area contributed by atoms with Gasteiger partial charge < -0.3 is 9.64 Å². The largest absolute Gasteiger partial charge is 0.372 e. The first kappa shape index (κ1) is 17.4. The Balaban J connectivity index is 1.61. The number of carbonyl (C=O) groups excluding carboxylic acids is 1. The van der Waals surface area contributed by atoms with Gasteiger partial charge in [-0.1, -0.05) is 18.2 Å². The van der Waals surface area contributed by atoms with Gasteiger partial charge in [0.15, 0.2) is 5.65 Å². The van der Waals surface area contributed by atoms with Crippen molar-refractivity contribution >= 4 is 16.9 Å². The molecule has 0 spiro atoms. The average Bonchev–Trinajstić information content (AvgIpc) is 3.09. The number of hydrogen-bond acceptors (Lipinski definition) is 5. The van der Waals surface area contributed by atoms with Gasteiger partial charge in [0.1, 0.15) is 18.3 Å². The van der Waals surface area contributed by atoms with Crippen LogP contribution < -0.4 is 5.56 Å². The molecular weight excluding hydrogens is 346 g/mol. The number of fused-ring (bicyclic) bond motifs is 1. The van der Waals surface area contributed by atoms with Crippen molar-refractivity contribution in [3.63, 3.8) is 0 Å². The van der Waals surface area contributed by atoms with Crippen LogP contribution in [0.2, 0.25) is 0 Å². The lowest BCUT2D eigenvalue weighted by atomic mass is 10.2. The Morgan fingerprint density at radius 3 is 2.59 bits per heavy atom. The fourth-order valence-electron chi connectivity index (χ4n) is 3.45. The summed E-state index contributed by atoms with van der Waals surface area (Å²) in [6.07, 6.45) is 2.88. The van der Waals surface area contributed by atoms with E-state index >= 15 is 0 Å². The van der Waals surface area contributed by atoms with Gasteiger partial charge >= 0.3 is 0 Å². The Labute approximate surface area is 156 Å². The fraction of sp³-hybridized carbons (Fsp3) is 0.368. The molecule has 0 bridgehead atoms. The molecule has 0 aliphatic carbocycles. The Hall–Kier alpha value is -3.00. The topological polar surface area (TPSA) is 82.3 Å². The van der Waals surface area contributed by atoms with Crippen molar-refractivity contribution in [2.24, 2.45) is 0 Å². The van der Waals surface area contributed by atoms with E-state index in [4.69, 9.17) is 4.74 Å². The Kier molecular flexibility index (Phi) is 4.49. The standard InChI is InChI=1S/C19H21N5O3/c1-13-9-22(10-14(2)27-13)17(25)11-23-12-20-18-16(19(23)26)8-21-24(18)15-6-4-3-5-7-15/h3-8,12-14H,9-11H2,1-2H3/t13-,14+. The number of carbonyl (C=O) groups is 1. The minimum atomic E-state index is -0.273. The SMILES string of the molecule is C[C@@H]1CN(C(=O)Cn2cnc3c(cnn3-c3ccccc3)c2=O)C[C@H](C)O1. The lowest BCUT2D eigenvalue weighted by molar-refractivity contribution is -0.143. The van der Waals surface area contributed by atoms with Gasteiger partial charge in [-0.15, -0.1) is 0 Å². The smallest absolute Gasteiger partial charge is 0.264 e. The van der Waals surface area contributed by atoms with E-state index < -0.39 is 0 Å². The van der Waals surface area contributed by atoms with Crippen molar-refractivity contribution in [2.45, 2.75) is 32.6 Å². The monoisotopic (exact) mass is 367 g/mol. The van der Waals surface area contributed by atoms with Crippen LogP contribution in [-0.4, -0.2) is 55.4 Å². The highest BCUT2D eigenvalue weighted by molar-refractivity contribution is 5.78. The minimum Gasteiger partial charge on any atom is -0.372 e. The summed E-state index contributed by atoms with van der Waals surface area (Å²) in [5.41, 5.74) is 1.03. The van der Waals surface area contributed by atoms with Crippen molar-refractivity contribution in [3.8, 4) is 5.69 Å². The van der Waals surface area contributed by atoms with Crippen LogP contribution in [0.25, 0.3) is 16.7 Å². The molecule has 140 valence electrons. The first-order valence-corrected chi connectivity index (χ1v) is 8.95. The second-order valence-corrected chi connectivity index (χ2v) is 6.86. The molecule has 2 aromatic heterocycles.